The summed E-state index contributed by atoms with van der Waals surface area (Å²) < 4.78 is 2.47. The zero-order chi connectivity index (χ0) is 10.3. The van der Waals surface area contributed by atoms with Crippen molar-refractivity contribution < 1.29 is 4.79 Å². The molecule has 0 saturated carbocycles. The van der Waals surface area contributed by atoms with Crippen molar-refractivity contribution >= 4 is 27.2 Å². The van der Waals surface area contributed by atoms with E-state index in [0.29, 0.717) is 5.69 Å². The maximum Gasteiger partial charge on any atom is 0.181 e. The van der Waals surface area contributed by atoms with Crippen molar-refractivity contribution in [3.8, 4) is 0 Å². The van der Waals surface area contributed by atoms with E-state index in [1.165, 1.54) is 6.92 Å². The highest BCUT2D eigenvalue weighted by Gasteiger charge is 2.13. The summed E-state index contributed by atoms with van der Waals surface area (Å²) in [6.07, 6.45) is 1.85. The summed E-state index contributed by atoms with van der Waals surface area (Å²) in [4.78, 5) is 11.2. The number of fused-ring (bicyclic) bond motifs is 1. The standard InChI is InChI=1S/C10H9BrN2O/c1-6-3-4-13-8(5-6)9(11)10(12-13)7(2)14/h3-5H,1-2H3. The molecule has 0 fully saturated rings. The number of pyridine rings is 1. The fourth-order valence-corrected chi connectivity index (χ4v) is 2.00. The number of halogens is 1. The number of rotatable bonds is 1. The molecule has 0 aliphatic heterocycles. The number of carbonyl (C=O) groups is 1. The van der Waals surface area contributed by atoms with Gasteiger partial charge in [0.2, 0.25) is 0 Å². The Morgan fingerprint density at radius 1 is 1.57 bits per heavy atom. The Morgan fingerprint density at radius 2 is 2.29 bits per heavy atom. The summed E-state index contributed by atoms with van der Waals surface area (Å²) in [6, 6.07) is 3.94. The second kappa shape index (κ2) is 3.20. The Morgan fingerprint density at radius 3 is 2.93 bits per heavy atom. The largest absolute Gasteiger partial charge is 0.293 e. The van der Waals surface area contributed by atoms with Crippen molar-refractivity contribution in [3.63, 3.8) is 0 Å². The van der Waals surface area contributed by atoms with Crippen LogP contribution in [0.1, 0.15) is 23.0 Å². The summed E-state index contributed by atoms with van der Waals surface area (Å²) in [7, 11) is 0. The van der Waals surface area contributed by atoms with Gasteiger partial charge in [-0.15, -0.1) is 0 Å². The molecule has 0 N–H and O–H groups in total. The van der Waals surface area contributed by atoms with Gasteiger partial charge in [0, 0.05) is 13.1 Å². The van der Waals surface area contributed by atoms with Crippen LogP contribution in [-0.2, 0) is 0 Å². The Hall–Kier alpha value is -1.16. The number of carbonyl (C=O) groups excluding carboxylic acids is 1. The van der Waals surface area contributed by atoms with Gasteiger partial charge in [-0.1, -0.05) is 0 Å². The predicted molar refractivity (Wildman–Crippen MR) is 57.6 cm³/mol. The van der Waals surface area contributed by atoms with Crippen molar-refractivity contribution in [2.45, 2.75) is 13.8 Å². The van der Waals surface area contributed by atoms with Crippen LogP contribution < -0.4 is 0 Å². The maximum atomic E-state index is 11.2. The molecule has 0 saturated heterocycles. The predicted octanol–water partition coefficient (Wildman–Crippen LogP) is 2.61. The highest BCUT2D eigenvalue weighted by atomic mass is 79.9. The van der Waals surface area contributed by atoms with E-state index in [1.807, 2.05) is 25.3 Å². The van der Waals surface area contributed by atoms with Crippen LogP contribution in [0.25, 0.3) is 5.52 Å². The molecule has 0 aromatic carbocycles. The molecule has 4 heteroatoms. The molecule has 2 aromatic rings. The SMILES string of the molecule is CC(=O)c1nn2ccc(C)cc2c1Br. The molecule has 0 unspecified atom stereocenters. The molecule has 2 rings (SSSR count). The molecule has 2 heterocycles. The third kappa shape index (κ3) is 1.35. The van der Waals surface area contributed by atoms with Gasteiger partial charge in [-0.05, 0) is 40.5 Å². The summed E-state index contributed by atoms with van der Waals surface area (Å²) in [5.74, 6) is -0.0294. The van der Waals surface area contributed by atoms with E-state index in [2.05, 4.69) is 21.0 Å². The van der Waals surface area contributed by atoms with Crippen LogP contribution in [0.5, 0.6) is 0 Å². The second-order valence-corrected chi connectivity index (χ2v) is 4.05. The average molecular weight is 253 g/mol. The minimum absolute atomic E-state index is 0.0294. The van der Waals surface area contributed by atoms with Crippen molar-refractivity contribution in [1.82, 2.24) is 9.61 Å². The highest BCUT2D eigenvalue weighted by Crippen LogP contribution is 2.23. The molecule has 0 spiro atoms. The molecule has 14 heavy (non-hydrogen) atoms. The molecule has 72 valence electrons. The van der Waals surface area contributed by atoms with E-state index >= 15 is 0 Å². The van der Waals surface area contributed by atoms with Gasteiger partial charge in [0.15, 0.2) is 5.78 Å². The van der Waals surface area contributed by atoms with Gasteiger partial charge in [0.25, 0.3) is 0 Å². The molecule has 0 aliphatic carbocycles. The zero-order valence-corrected chi connectivity index (χ0v) is 9.50. The Labute approximate surface area is 89.9 Å². The van der Waals surface area contributed by atoms with E-state index in [1.54, 1.807) is 4.52 Å². The molecular formula is C10H9BrN2O. The summed E-state index contributed by atoms with van der Waals surface area (Å²) >= 11 is 3.38. The van der Waals surface area contributed by atoms with Crippen LogP contribution in [0, 0.1) is 6.92 Å². The van der Waals surface area contributed by atoms with Gasteiger partial charge in [-0.25, -0.2) is 4.52 Å². The lowest BCUT2D eigenvalue weighted by Crippen LogP contribution is -1.94. The van der Waals surface area contributed by atoms with Gasteiger partial charge in [0.1, 0.15) is 5.69 Å². The first-order chi connectivity index (χ1) is 6.59. The summed E-state index contributed by atoms with van der Waals surface area (Å²) in [6.45, 7) is 3.52. The number of nitrogens with zero attached hydrogens (tertiary/aromatic N) is 2. The van der Waals surface area contributed by atoms with E-state index < -0.39 is 0 Å². The normalized spacial score (nSPS) is 10.8. The second-order valence-electron chi connectivity index (χ2n) is 3.25. The molecule has 0 amide bonds. The van der Waals surface area contributed by atoms with E-state index in [9.17, 15) is 4.79 Å². The number of hydrogen-bond donors (Lipinski definition) is 0. The first kappa shape index (κ1) is 9.40. The number of hydrogen-bond acceptors (Lipinski definition) is 2. The molecule has 0 atom stereocenters. The number of aryl methyl sites for hydroxylation is 1. The number of Topliss-reactive ketones (excluding diaryl/α,β-unsaturated/α-hetero) is 1. The van der Waals surface area contributed by atoms with Crippen molar-refractivity contribution in [1.29, 1.82) is 0 Å². The Kier molecular flexibility index (Phi) is 2.15. The van der Waals surface area contributed by atoms with Crippen molar-refractivity contribution in [2.75, 3.05) is 0 Å². The van der Waals surface area contributed by atoms with Gasteiger partial charge < -0.3 is 0 Å². The van der Waals surface area contributed by atoms with Crippen LogP contribution in [0.15, 0.2) is 22.8 Å². The fraction of sp³-hybridized carbons (Fsp3) is 0.200. The van der Waals surface area contributed by atoms with E-state index in [0.717, 1.165) is 15.6 Å². The number of ketones is 1. The van der Waals surface area contributed by atoms with Crippen LogP contribution in [-0.4, -0.2) is 15.4 Å². The quantitative estimate of drug-likeness (QED) is 0.732. The lowest BCUT2D eigenvalue weighted by Gasteiger charge is -1.93. The van der Waals surface area contributed by atoms with Gasteiger partial charge in [-0.2, -0.15) is 5.10 Å². The Bertz CT molecular complexity index is 516. The van der Waals surface area contributed by atoms with Crippen LogP contribution in [0.4, 0.5) is 0 Å². The summed E-state index contributed by atoms with van der Waals surface area (Å²) in [5, 5.41) is 4.17. The molecule has 3 nitrogen and oxygen atoms in total. The lowest BCUT2D eigenvalue weighted by atomic mass is 10.2. The molecule has 2 aromatic heterocycles. The minimum atomic E-state index is -0.0294. The van der Waals surface area contributed by atoms with Crippen molar-refractivity contribution in [3.05, 3.63) is 34.1 Å². The van der Waals surface area contributed by atoms with Gasteiger partial charge in [0.05, 0.1) is 9.99 Å². The minimum Gasteiger partial charge on any atom is -0.293 e. The zero-order valence-electron chi connectivity index (χ0n) is 7.91. The maximum absolute atomic E-state index is 11.2. The molecule has 0 radical (unpaired) electrons. The van der Waals surface area contributed by atoms with E-state index in [4.69, 9.17) is 0 Å². The van der Waals surface area contributed by atoms with Crippen molar-refractivity contribution in [2.24, 2.45) is 0 Å². The van der Waals surface area contributed by atoms with Crippen LogP contribution in [0.3, 0.4) is 0 Å². The highest BCUT2D eigenvalue weighted by molar-refractivity contribution is 9.10. The third-order valence-electron chi connectivity index (χ3n) is 2.06. The van der Waals surface area contributed by atoms with Crippen LogP contribution >= 0.6 is 15.9 Å². The summed E-state index contributed by atoms with van der Waals surface area (Å²) in [5.41, 5.74) is 2.55. The average Bonchev–Trinajstić information content (AvgIpc) is 2.44. The number of aromatic nitrogens is 2. The Balaban J connectivity index is 2.80. The first-order valence-electron chi connectivity index (χ1n) is 4.25. The van der Waals surface area contributed by atoms with Gasteiger partial charge in [-0.3, -0.25) is 4.79 Å². The van der Waals surface area contributed by atoms with Gasteiger partial charge >= 0.3 is 0 Å². The third-order valence-corrected chi connectivity index (χ3v) is 2.85. The molecule has 0 aliphatic rings. The fourth-order valence-electron chi connectivity index (χ4n) is 1.35. The topological polar surface area (TPSA) is 34.4 Å². The molecular weight excluding hydrogens is 244 g/mol. The monoisotopic (exact) mass is 252 g/mol. The van der Waals surface area contributed by atoms with Crippen LogP contribution in [0.2, 0.25) is 0 Å². The molecule has 0 bridgehead atoms. The van der Waals surface area contributed by atoms with E-state index in [-0.39, 0.29) is 5.78 Å². The lowest BCUT2D eigenvalue weighted by molar-refractivity contribution is 0.101. The first-order valence-corrected chi connectivity index (χ1v) is 5.04. The smallest absolute Gasteiger partial charge is 0.181 e.